The molecule has 6 nitrogen and oxygen atoms in total. The van der Waals surface area contributed by atoms with Crippen LogP contribution in [0.4, 0.5) is 5.82 Å². The molecule has 1 aromatic heterocycles. The summed E-state index contributed by atoms with van der Waals surface area (Å²) >= 11 is 0. The molecule has 0 aliphatic carbocycles. The number of pyridine rings is 1. The summed E-state index contributed by atoms with van der Waals surface area (Å²) in [6, 6.07) is 5.06. The molecule has 0 saturated carbocycles. The van der Waals surface area contributed by atoms with Crippen molar-refractivity contribution in [2.24, 2.45) is 4.99 Å². The summed E-state index contributed by atoms with van der Waals surface area (Å²) in [4.78, 5) is 14.4. The molecule has 0 aromatic carbocycles. The van der Waals surface area contributed by atoms with Crippen molar-refractivity contribution in [1.29, 1.82) is 0 Å². The number of aliphatic imine (C=N–C) groups is 1. The Bertz CT molecular complexity index is 600. The Hall–Kier alpha value is -1.09. The van der Waals surface area contributed by atoms with Crippen molar-refractivity contribution in [2.45, 2.75) is 65.0 Å². The van der Waals surface area contributed by atoms with E-state index in [2.05, 4.69) is 51.4 Å². The standard InChI is InChI=1S/C22H38N6.HI/c1-3-20-9-5-6-13-27(20)16-12-24-22(23-4-2)26-18-19-10-11-21(25-17-19)28-14-7-8-15-28;/h10-11,17,20H,3-9,12-16,18H2,1-2H3,(H2,23,24,26);1H. The summed E-state index contributed by atoms with van der Waals surface area (Å²) < 4.78 is 0. The molecule has 3 heterocycles. The topological polar surface area (TPSA) is 55.8 Å². The highest BCUT2D eigenvalue weighted by atomic mass is 127. The first-order chi connectivity index (χ1) is 13.8. The molecule has 2 aliphatic heterocycles. The van der Waals surface area contributed by atoms with E-state index < -0.39 is 0 Å². The number of likely N-dealkylation sites (tertiary alicyclic amines) is 1. The van der Waals surface area contributed by atoms with E-state index in [9.17, 15) is 0 Å². The first-order valence-electron chi connectivity index (χ1n) is 11.3. The van der Waals surface area contributed by atoms with E-state index in [1.54, 1.807) is 0 Å². The van der Waals surface area contributed by atoms with Gasteiger partial charge in [-0.2, -0.15) is 0 Å². The van der Waals surface area contributed by atoms with Gasteiger partial charge in [-0.1, -0.05) is 19.4 Å². The van der Waals surface area contributed by atoms with Crippen molar-refractivity contribution in [3.05, 3.63) is 23.9 Å². The number of anilines is 1. The zero-order chi connectivity index (χ0) is 19.6. The Labute approximate surface area is 194 Å². The molecule has 2 N–H and O–H groups in total. The van der Waals surface area contributed by atoms with E-state index in [1.165, 1.54) is 45.1 Å². The van der Waals surface area contributed by atoms with Crippen LogP contribution in [0.25, 0.3) is 0 Å². The molecule has 1 atom stereocenters. The monoisotopic (exact) mass is 514 g/mol. The molecule has 164 valence electrons. The molecule has 29 heavy (non-hydrogen) atoms. The largest absolute Gasteiger partial charge is 0.357 e. The fourth-order valence-corrected chi connectivity index (χ4v) is 4.29. The van der Waals surface area contributed by atoms with Crippen LogP contribution >= 0.6 is 24.0 Å². The predicted molar refractivity (Wildman–Crippen MR) is 133 cm³/mol. The fourth-order valence-electron chi connectivity index (χ4n) is 4.29. The second-order valence-corrected chi connectivity index (χ2v) is 7.93. The van der Waals surface area contributed by atoms with Crippen LogP contribution in [0.3, 0.4) is 0 Å². The van der Waals surface area contributed by atoms with Crippen molar-refractivity contribution in [1.82, 2.24) is 20.5 Å². The maximum Gasteiger partial charge on any atom is 0.191 e. The van der Waals surface area contributed by atoms with Gasteiger partial charge in [0.05, 0.1) is 6.54 Å². The highest BCUT2D eigenvalue weighted by Crippen LogP contribution is 2.19. The highest BCUT2D eigenvalue weighted by molar-refractivity contribution is 14.0. The predicted octanol–water partition coefficient (Wildman–Crippen LogP) is 3.62. The lowest BCUT2D eigenvalue weighted by Gasteiger charge is -2.35. The van der Waals surface area contributed by atoms with Gasteiger partial charge in [-0.3, -0.25) is 4.90 Å². The Balaban J connectivity index is 0.00000300. The van der Waals surface area contributed by atoms with Gasteiger partial charge < -0.3 is 15.5 Å². The first kappa shape index (κ1) is 24.2. The third kappa shape index (κ3) is 7.59. The van der Waals surface area contributed by atoms with Crippen molar-refractivity contribution in [2.75, 3.05) is 44.2 Å². The Morgan fingerprint density at radius 1 is 1.10 bits per heavy atom. The first-order valence-corrected chi connectivity index (χ1v) is 11.3. The van der Waals surface area contributed by atoms with Gasteiger partial charge in [0.15, 0.2) is 5.96 Å². The Morgan fingerprint density at radius 3 is 2.59 bits per heavy atom. The van der Waals surface area contributed by atoms with E-state index in [4.69, 9.17) is 4.99 Å². The molecule has 2 fully saturated rings. The number of rotatable bonds is 8. The summed E-state index contributed by atoms with van der Waals surface area (Å²) in [5, 5.41) is 6.87. The molecule has 1 aromatic rings. The van der Waals surface area contributed by atoms with E-state index >= 15 is 0 Å². The summed E-state index contributed by atoms with van der Waals surface area (Å²) in [6.45, 7) is 11.5. The normalized spacial score (nSPS) is 20.4. The zero-order valence-corrected chi connectivity index (χ0v) is 20.5. The molecule has 2 saturated heterocycles. The minimum Gasteiger partial charge on any atom is -0.357 e. The molecule has 3 rings (SSSR count). The third-order valence-corrected chi connectivity index (χ3v) is 5.91. The van der Waals surface area contributed by atoms with Gasteiger partial charge in [0, 0.05) is 45.0 Å². The van der Waals surface area contributed by atoms with Gasteiger partial charge in [0.1, 0.15) is 5.82 Å². The number of aromatic nitrogens is 1. The van der Waals surface area contributed by atoms with Gasteiger partial charge in [-0.05, 0) is 57.2 Å². The highest BCUT2D eigenvalue weighted by Gasteiger charge is 2.20. The molecular formula is C22H39IN6. The van der Waals surface area contributed by atoms with Crippen molar-refractivity contribution in [3.63, 3.8) is 0 Å². The van der Waals surface area contributed by atoms with Crippen molar-refractivity contribution >= 4 is 35.8 Å². The van der Waals surface area contributed by atoms with Crippen LogP contribution in [0.2, 0.25) is 0 Å². The number of halogens is 1. The summed E-state index contributed by atoms with van der Waals surface area (Å²) in [7, 11) is 0. The van der Waals surface area contributed by atoms with Gasteiger partial charge in [0.2, 0.25) is 0 Å². The SMILES string of the molecule is CCNC(=NCc1ccc(N2CCCC2)nc1)NCCN1CCCCC1CC.I. The van der Waals surface area contributed by atoms with Crippen LogP contribution in [0.1, 0.15) is 57.9 Å². The Morgan fingerprint density at radius 2 is 1.90 bits per heavy atom. The quantitative estimate of drug-likeness (QED) is 0.316. The number of nitrogens with one attached hydrogen (secondary N) is 2. The molecule has 0 bridgehead atoms. The number of hydrogen-bond donors (Lipinski definition) is 2. The maximum atomic E-state index is 4.76. The van der Waals surface area contributed by atoms with Crippen LogP contribution in [0, 0.1) is 0 Å². The minimum atomic E-state index is 0. The number of guanidine groups is 1. The van der Waals surface area contributed by atoms with Gasteiger partial charge in [-0.15, -0.1) is 24.0 Å². The van der Waals surface area contributed by atoms with Crippen LogP contribution in [-0.4, -0.2) is 61.2 Å². The van der Waals surface area contributed by atoms with Crippen molar-refractivity contribution < 1.29 is 0 Å². The maximum absolute atomic E-state index is 4.76. The zero-order valence-electron chi connectivity index (χ0n) is 18.2. The lowest BCUT2D eigenvalue weighted by molar-refractivity contribution is 0.147. The van der Waals surface area contributed by atoms with E-state index in [0.29, 0.717) is 6.54 Å². The molecule has 7 heteroatoms. The second kappa shape index (κ2) is 13.3. The molecule has 0 radical (unpaired) electrons. The number of nitrogens with zero attached hydrogens (tertiary/aromatic N) is 4. The smallest absolute Gasteiger partial charge is 0.191 e. The molecular weight excluding hydrogens is 475 g/mol. The summed E-state index contributed by atoms with van der Waals surface area (Å²) in [6.07, 6.45) is 9.87. The summed E-state index contributed by atoms with van der Waals surface area (Å²) in [5.74, 6) is 2.00. The molecule has 2 aliphatic rings. The number of piperidine rings is 1. The summed E-state index contributed by atoms with van der Waals surface area (Å²) in [5.41, 5.74) is 1.15. The molecule has 1 unspecified atom stereocenters. The van der Waals surface area contributed by atoms with Crippen molar-refractivity contribution in [3.8, 4) is 0 Å². The number of hydrogen-bond acceptors (Lipinski definition) is 4. The fraction of sp³-hybridized carbons (Fsp3) is 0.727. The third-order valence-electron chi connectivity index (χ3n) is 5.91. The molecule has 0 spiro atoms. The lowest BCUT2D eigenvalue weighted by atomic mass is 10.0. The average molecular weight is 515 g/mol. The van der Waals surface area contributed by atoms with Gasteiger partial charge in [0.25, 0.3) is 0 Å². The molecule has 0 amide bonds. The van der Waals surface area contributed by atoms with E-state index in [1.807, 2.05) is 6.20 Å². The van der Waals surface area contributed by atoms with Crippen LogP contribution in [-0.2, 0) is 6.54 Å². The van der Waals surface area contributed by atoms with Crippen LogP contribution in [0.15, 0.2) is 23.3 Å². The van der Waals surface area contributed by atoms with Crippen LogP contribution < -0.4 is 15.5 Å². The van der Waals surface area contributed by atoms with E-state index in [0.717, 1.165) is 56.1 Å². The second-order valence-electron chi connectivity index (χ2n) is 7.93. The van der Waals surface area contributed by atoms with Crippen LogP contribution in [0.5, 0.6) is 0 Å². The van der Waals surface area contributed by atoms with Gasteiger partial charge >= 0.3 is 0 Å². The Kier molecular flexibility index (Phi) is 11.1. The minimum absolute atomic E-state index is 0. The van der Waals surface area contributed by atoms with Gasteiger partial charge in [-0.25, -0.2) is 9.98 Å². The van der Waals surface area contributed by atoms with E-state index in [-0.39, 0.29) is 24.0 Å². The average Bonchev–Trinajstić information content (AvgIpc) is 3.27. The lowest BCUT2D eigenvalue weighted by Crippen LogP contribution is -2.45.